The number of carbonyl (C=O) groups excluding carboxylic acids is 1. The van der Waals surface area contributed by atoms with Gasteiger partial charge in [-0.25, -0.2) is 0 Å². The first-order valence-electron chi connectivity index (χ1n) is 10.5. The van der Waals surface area contributed by atoms with Gasteiger partial charge in [0.2, 0.25) is 0 Å². The van der Waals surface area contributed by atoms with Gasteiger partial charge in [0.25, 0.3) is 5.91 Å². The molecule has 1 fully saturated rings. The Kier molecular flexibility index (Phi) is 5.97. The molecule has 1 amide bonds. The number of nitrogens with zero attached hydrogens (tertiary/aromatic N) is 2. The molecule has 152 valence electrons. The molecular weight excluding hydrogens is 360 g/mol. The maximum atomic E-state index is 12.7. The van der Waals surface area contributed by atoms with Crippen LogP contribution in [0.15, 0.2) is 48.5 Å². The Labute approximate surface area is 172 Å². The number of rotatable bonds is 6. The normalized spacial score (nSPS) is 15.7. The largest absolute Gasteiger partial charge is 0.351 e. The molecule has 2 heterocycles. The predicted octanol–water partition coefficient (Wildman–Crippen LogP) is 3.54. The number of carbonyl (C=O) groups is 1. The van der Waals surface area contributed by atoms with Gasteiger partial charge >= 0.3 is 0 Å². The molecule has 1 aliphatic heterocycles. The summed E-state index contributed by atoms with van der Waals surface area (Å²) in [7, 11) is 0. The second-order valence-corrected chi connectivity index (χ2v) is 7.94. The van der Waals surface area contributed by atoms with Gasteiger partial charge in [-0.3, -0.25) is 9.69 Å². The van der Waals surface area contributed by atoms with E-state index >= 15 is 0 Å². The van der Waals surface area contributed by atoms with Crippen molar-refractivity contribution in [1.82, 2.24) is 20.1 Å². The van der Waals surface area contributed by atoms with Gasteiger partial charge in [-0.1, -0.05) is 43.3 Å². The summed E-state index contributed by atoms with van der Waals surface area (Å²) in [4.78, 5) is 20.9. The molecule has 0 bridgehead atoms. The van der Waals surface area contributed by atoms with Crippen LogP contribution in [-0.2, 0) is 13.1 Å². The third-order valence-corrected chi connectivity index (χ3v) is 5.89. The van der Waals surface area contributed by atoms with E-state index in [1.165, 1.54) is 16.7 Å². The molecule has 0 spiro atoms. The quantitative estimate of drug-likeness (QED) is 0.677. The minimum absolute atomic E-state index is 0.0646. The Balaban J connectivity index is 1.39. The highest BCUT2D eigenvalue weighted by Gasteiger charge is 2.17. The Morgan fingerprint density at radius 2 is 1.72 bits per heavy atom. The molecule has 2 aromatic carbocycles. The van der Waals surface area contributed by atoms with Crippen LogP contribution in [0, 0.1) is 6.92 Å². The first-order chi connectivity index (χ1) is 14.1. The van der Waals surface area contributed by atoms with E-state index < -0.39 is 0 Å². The van der Waals surface area contributed by atoms with E-state index in [0.29, 0.717) is 12.2 Å². The summed E-state index contributed by atoms with van der Waals surface area (Å²) in [5.41, 5.74) is 5.27. The molecule has 1 saturated heterocycles. The summed E-state index contributed by atoms with van der Waals surface area (Å²) in [6.07, 6.45) is 0. The second kappa shape index (κ2) is 8.80. The molecule has 0 aliphatic carbocycles. The molecular formula is C24H30N4O. The fourth-order valence-electron chi connectivity index (χ4n) is 4.02. The lowest BCUT2D eigenvalue weighted by atomic mass is 10.1. The van der Waals surface area contributed by atoms with Crippen LogP contribution >= 0.6 is 0 Å². The smallest absolute Gasteiger partial charge is 0.267 e. The molecule has 0 unspecified atom stereocenters. The summed E-state index contributed by atoms with van der Waals surface area (Å²) in [5, 5.41) is 4.15. The molecule has 5 heteroatoms. The highest BCUT2D eigenvalue weighted by molar-refractivity contribution is 5.98. The molecule has 0 radical (unpaired) electrons. The zero-order valence-corrected chi connectivity index (χ0v) is 17.4. The van der Waals surface area contributed by atoms with E-state index in [-0.39, 0.29) is 5.91 Å². The van der Waals surface area contributed by atoms with E-state index in [2.05, 4.69) is 64.3 Å². The zero-order valence-electron chi connectivity index (χ0n) is 17.4. The predicted molar refractivity (Wildman–Crippen MR) is 118 cm³/mol. The lowest BCUT2D eigenvalue weighted by Gasteiger charge is -2.34. The number of fused-ring (bicyclic) bond motifs is 1. The van der Waals surface area contributed by atoms with Gasteiger partial charge in [-0.15, -0.1) is 0 Å². The van der Waals surface area contributed by atoms with Gasteiger partial charge in [-0.05, 0) is 42.3 Å². The number of hydrogen-bond acceptors (Lipinski definition) is 3. The Bertz CT molecular complexity index is 985. The third-order valence-electron chi connectivity index (χ3n) is 5.89. The van der Waals surface area contributed by atoms with Crippen LogP contribution < -0.4 is 5.32 Å². The summed E-state index contributed by atoms with van der Waals surface area (Å²) >= 11 is 0. The van der Waals surface area contributed by atoms with Gasteiger partial charge in [0.15, 0.2) is 0 Å². The van der Waals surface area contributed by atoms with Crippen LogP contribution in [0.5, 0.6) is 0 Å². The van der Waals surface area contributed by atoms with Crippen molar-refractivity contribution < 1.29 is 4.79 Å². The number of hydrogen-bond donors (Lipinski definition) is 2. The van der Waals surface area contributed by atoms with Crippen LogP contribution in [0.4, 0.5) is 0 Å². The second-order valence-electron chi connectivity index (χ2n) is 7.94. The lowest BCUT2D eigenvalue weighted by molar-refractivity contribution is 0.0946. The van der Waals surface area contributed by atoms with Crippen LogP contribution in [-0.4, -0.2) is 53.4 Å². The zero-order chi connectivity index (χ0) is 20.2. The van der Waals surface area contributed by atoms with Gasteiger partial charge in [0.05, 0.1) is 0 Å². The fraction of sp³-hybridized carbons (Fsp3) is 0.375. The topological polar surface area (TPSA) is 51.4 Å². The fourth-order valence-corrected chi connectivity index (χ4v) is 4.02. The molecule has 2 N–H and O–H groups in total. The number of aromatic amines is 1. The Morgan fingerprint density at radius 3 is 2.48 bits per heavy atom. The number of aryl methyl sites for hydroxylation is 1. The minimum atomic E-state index is -0.0646. The highest BCUT2D eigenvalue weighted by atomic mass is 16.1. The number of likely N-dealkylation sites (N-methyl/N-ethyl adjacent to an activating group) is 1. The lowest BCUT2D eigenvalue weighted by Crippen LogP contribution is -2.45. The first kappa shape index (κ1) is 19.7. The monoisotopic (exact) mass is 390 g/mol. The van der Waals surface area contributed by atoms with Gasteiger partial charge < -0.3 is 15.2 Å². The van der Waals surface area contributed by atoms with Gasteiger partial charge in [0, 0.05) is 50.2 Å². The van der Waals surface area contributed by atoms with E-state index in [1.807, 2.05) is 18.2 Å². The summed E-state index contributed by atoms with van der Waals surface area (Å²) in [6, 6.07) is 16.5. The Morgan fingerprint density at radius 1 is 1.00 bits per heavy atom. The van der Waals surface area contributed by atoms with Crippen molar-refractivity contribution in [2.75, 3.05) is 32.7 Å². The number of H-pyrrole nitrogens is 1. The highest BCUT2D eigenvalue weighted by Crippen LogP contribution is 2.18. The third kappa shape index (κ3) is 4.69. The SMILES string of the molecule is CCN1CCN(Cc2ccccc2CNC(=O)c2cc3ccc(C)cc3[nH]2)CC1. The van der Waals surface area contributed by atoms with E-state index in [9.17, 15) is 4.79 Å². The van der Waals surface area contributed by atoms with Gasteiger partial charge in [0.1, 0.15) is 5.69 Å². The molecule has 1 aliphatic rings. The first-order valence-corrected chi connectivity index (χ1v) is 10.5. The minimum Gasteiger partial charge on any atom is -0.351 e. The number of amides is 1. The van der Waals surface area contributed by atoms with Gasteiger partial charge in [-0.2, -0.15) is 0 Å². The van der Waals surface area contributed by atoms with Crippen molar-refractivity contribution in [1.29, 1.82) is 0 Å². The number of aromatic nitrogens is 1. The molecule has 3 aromatic rings. The molecule has 4 rings (SSSR count). The number of nitrogens with one attached hydrogen (secondary N) is 2. The number of benzene rings is 2. The van der Waals surface area contributed by atoms with Crippen LogP contribution in [0.3, 0.4) is 0 Å². The van der Waals surface area contributed by atoms with E-state index in [0.717, 1.165) is 50.2 Å². The average Bonchev–Trinajstić information content (AvgIpc) is 3.17. The van der Waals surface area contributed by atoms with Crippen LogP contribution in [0.2, 0.25) is 0 Å². The van der Waals surface area contributed by atoms with E-state index in [4.69, 9.17) is 0 Å². The van der Waals surface area contributed by atoms with Crippen LogP contribution in [0.1, 0.15) is 34.1 Å². The van der Waals surface area contributed by atoms with Crippen molar-refractivity contribution in [3.05, 3.63) is 70.9 Å². The molecule has 0 atom stereocenters. The summed E-state index contributed by atoms with van der Waals surface area (Å²) in [6.45, 7) is 11.4. The Hall–Kier alpha value is -2.63. The average molecular weight is 391 g/mol. The van der Waals surface area contributed by atoms with Crippen LogP contribution in [0.25, 0.3) is 10.9 Å². The molecule has 29 heavy (non-hydrogen) atoms. The van der Waals surface area contributed by atoms with Crippen molar-refractivity contribution in [3.8, 4) is 0 Å². The standard InChI is InChI=1S/C24H30N4O/c1-3-27-10-12-28(13-11-27)17-21-7-5-4-6-20(21)16-25-24(29)23-15-19-9-8-18(2)14-22(19)26-23/h4-9,14-15,26H,3,10-13,16-17H2,1-2H3,(H,25,29). The van der Waals surface area contributed by atoms with Crippen molar-refractivity contribution in [3.63, 3.8) is 0 Å². The maximum absolute atomic E-state index is 12.7. The summed E-state index contributed by atoms with van der Waals surface area (Å²) in [5.74, 6) is -0.0646. The molecule has 5 nitrogen and oxygen atoms in total. The van der Waals surface area contributed by atoms with E-state index in [1.54, 1.807) is 0 Å². The molecule has 1 aromatic heterocycles. The van der Waals surface area contributed by atoms with Crippen molar-refractivity contribution in [2.45, 2.75) is 26.9 Å². The number of piperazine rings is 1. The van der Waals surface area contributed by atoms with Crippen molar-refractivity contribution in [2.24, 2.45) is 0 Å². The summed E-state index contributed by atoms with van der Waals surface area (Å²) < 4.78 is 0. The van der Waals surface area contributed by atoms with Crippen molar-refractivity contribution >= 4 is 16.8 Å². The molecule has 0 saturated carbocycles. The maximum Gasteiger partial charge on any atom is 0.267 e.